The summed E-state index contributed by atoms with van der Waals surface area (Å²) in [5.74, 6) is 1.77. The maximum atomic E-state index is 14.8. The molecule has 186 valence electrons. The van der Waals surface area contributed by atoms with Crippen LogP contribution in [0.25, 0.3) is 16.9 Å². The van der Waals surface area contributed by atoms with Gasteiger partial charge in [0.15, 0.2) is 5.65 Å². The summed E-state index contributed by atoms with van der Waals surface area (Å²) in [6.07, 6.45) is 7.88. The summed E-state index contributed by atoms with van der Waals surface area (Å²) in [4.78, 5) is 13.5. The normalized spacial score (nSPS) is 19.9. The van der Waals surface area contributed by atoms with Gasteiger partial charge in [-0.1, -0.05) is 6.07 Å². The van der Waals surface area contributed by atoms with Crippen molar-refractivity contribution >= 4 is 17.3 Å². The third-order valence-corrected chi connectivity index (χ3v) is 6.95. The molecule has 1 aliphatic carbocycles. The van der Waals surface area contributed by atoms with Crippen LogP contribution in [0.5, 0.6) is 0 Å². The van der Waals surface area contributed by atoms with Crippen molar-refractivity contribution < 1.29 is 9.50 Å². The number of fused-ring (bicyclic) bond motifs is 1. The van der Waals surface area contributed by atoms with E-state index in [1.165, 1.54) is 12.3 Å². The minimum atomic E-state index is -0.375. The number of hydrogen-bond donors (Lipinski definition) is 4. The second-order valence-electron chi connectivity index (χ2n) is 9.56. The summed E-state index contributed by atoms with van der Waals surface area (Å²) >= 11 is 0. The number of rotatable bonds is 8. The van der Waals surface area contributed by atoms with Crippen LogP contribution in [0.3, 0.4) is 0 Å². The zero-order chi connectivity index (χ0) is 24.5. The molecule has 0 amide bonds. The van der Waals surface area contributed by atoms with E-state index >= 15 is 0 Å². The Hall–Kier alpha value is -3.63. The highest BCUT2D eigenvalue weighted by molar-refractivity contribution is 5.62. The van der Waals surface area contributed by atoms with E-state index in [1.54, 1.807) is 22.8 Å². The second kappa shape index (κ2) is 9.79. The molecule has 1 saturated heterocycles. The molecule has 4 aromatic rings. The Morgan fingerprint density at radius 1 is 1.11 bits per heavy atom. The van der Waals surface area contributed by atoms with Gasteiger partial charge in [0.1, 0.15) is 17.5 Å². The summed E-state index contributed by atoms with van der Waals surface area (Å²) < 4.78 is 16.6. The molecule has 0 spiro atoms. The molecule has 6 rings (SSSR count). The number of piperidine rings is 1. The van der Waals surface area contributed by atoms with E-state index in [0.717, 1.165) is 48.7 Å². The molecule has 2 fully saturated rings. The van der Waals surface area contributed by atoms with Crippen molar-refractivity contribution in [3.63, 3.8) is 0 Å². The Bertz CT molecular complexity index is 1360. The van der Waals surface area contributed by atoms with E-state index in [1.807, 2.05) is 18.3 Å². The van der Waals surface area contributed by atoms with Gasteiger partial charge >= 0.3 is 0 Å². The van der Waals surface area contributed by atoms with Crippen molar-refractivity contribution in [3.05, 3.63) is 66.0 Å². The molecule has 10 heteroatoms. The van der Waals surface area contributed by atoms with Crippen LogP contribution in [-0.2, 0) is 6.54 Å². The first kappa shape index (κ1) is 22.8. The second-order valence-corrected chi connectivity index (χ2v) is 9.56. The first-order valence-corrected chi connectivity index (χ1v) is 12.5. The van der Waals surface area contributed by atoms with E-state index in [4.69, 9.17) is 4.98 Å². The van der Waals surface area contributed by atoms with Crippen molar-refractivity contribution in [2.24, 2.45) is 5.92 Å². The third kappa shape index (κ3) is 4.74. The van der Waals surface area contributed by atoms with Gasteiger partial charge < -0.3 is 21.1 Å². The average molecular weight is 489 g/mol. The Kier molecular flexibility index (Phi) is 6.20. The van der Waals surface area contributed by atoms with Gasteiger partial charge in [0.05, 0.1) is 35.8 Å². The number of halogens is 1. The van der Waals surface area contributed by atoms with Gasteiger partial charge in [0.2, 0.25) is 0 Å². The molecular weight excluding hydrogens is 459 g/mol. The number of hydrogen-bond acceptors (Lipinski definition) is 8. The number of nitrogens with one attached hydrogen (secondary N) is 3. The van der Waals surface area contributed by atoms with Crippen LogP contribution in [0, 0.1) is 11.7 Å². The van der Waals surface area contributed by atoms with E-state index in [9.17, 15) is 9.50 Å². The quantitative estimate of drug-likeness (QED) is 0.299. The van der Waals surface area contributed by atoms with Gasteiger partial charge in [0.25, 0.3) is 0 Å². The van der Waals surface area contributed by atoms with E-state index in [0.29, 0.717) is 42.5 Å². The van der Waals surface area contributed by atoms with Crippen LogP contribution in [0.15, 0.2) is 48.9 Å². The van der Waals surface area contributed by atoms with Crippen molar-refractivity contribution in [2.75, 3.05) is 30.3 Å². The summed E-state index contributed by atoms with van der Waals surface area (Å²) in [5, 5.41) is 24.9. The van der Waals surface area contributed by atoms with Crippen LogP contribution < -0.4 is 16.0 Å². The lowest BCUT2D eigenvalue weighted by molar-refractivity contribution is 0.0883. The van der Waals surface area contributed by atoms with Crippen LogP contribution in [0.2, 0.25) is 0 Å². The zero-order valence-electron chi connectivity index (χ0n) is 19.9. The molecule has 0 unspecified atom stereocenters. The molecule has 1 aliphatic heterocycles. The lowest BCUT2D eigenvalue weighted by Gasteiger charge is -2.28. The molecule has 2 aliphatic rings. The third-order valence-electron chi connectivity index (χ3n) is 6.95. The summed E-state index contributed by atoms with van der Waals surface area (Å²) in [5.41, 5.74) is 3.46. The minimum absolute atomic E-state index is 0.165. The van der Waals surface area contributed by atoms with Crippen LogP contribution in [-0.4, -0.2) is 55.4 Å². The van der Waals surface area contributed by atoms with Gasteiger partial charge in [-0.05, 0) is 49.9 Å². The minimum Gasteiger partial charge on any atom is -0.391 e. The first-order chi connectivity index (χ1) is 17.7. The van der Waals surface area contributed by atoms with Crippen molar-refractivity contribution in [3.8, 4) is 11.3 Å². The van der Waals surface area contributed by atoms with Crippen molar-refractivity contribution in [1.29, 1.82) is 0 Å². The highest BCUT2D eigenvalue weighted by atomic mass is 19.1. The first-order valence-electron chi connectivity index (χ1n) is 12.5. The van der Waals surface area contributed by atoms with Gasteiger partial charge in [-0.25, -0.2) is 9.37 Å². The zero-order valence-corrected chi connectivity index (χ0v) is 19.9. The molecule has 1 saturated carbocycles. The number of aliphatic hydroxyl groups is 1. The Labute approximate surface area is 208 Å². The molecular formula is C26H29FN8O. The number of pyridine rings is 2. The average Bonchev–Trinajstić information content (AvgIpc) is 3.66. The largest absolute Gasteiger partial charge is 0.391 e. The number of anilines is 2. The number of aromatic nitrogens is 5. The Balaban J connectivity index is 1.23. The molecule has 9 nitrogen and oxygen atoms in total. The van der Waals surface area contributed by atoms with Gasteiger partial charge in [-0.3, -0.25) is 9.97 Å². The molecule has 36 heavy (non-hydrogen) atoms. The summed E-state index contributed by atoms with van der Waals surface area (Å²) in [7, 11) is 0. The van der Waals surface area contributed by atoms with E-state index in [2.05, 4.69) is 31.0 Å². The molecule has 4 aromatic heterocycles. The highest BCUT2D eigenvalue weighted by Crippen LogP contribution is 2.42. The fourth-order valence-electron chi connectivity index (χ4n) is 4.71. The molecule has 5 heterocycles. The standard InChI is InChI=1S/C26H29FN8O/c27-21-9-18(30-13-20(21)22-3-1-2-7-29-22)12-32-25-10-24(31-11-17-6-8-28-15-23(17)36)34-26-19(16-4-5-16)14-33-35(25)26/h1-3,7,9-10,13-14,16-17,23,28,32,36H,4-6,8,11-12,15H2,(H,31,34)/t17-,23+/m1/s1. The predicted molar refractivity (Wildman–Crippen MR) is 135 cm³/mol. The fraction of sp³-hybridized carbons (Fsp3) is 0.385. The predicted octanol–water partition coefficient (Wildman–Crippen LogP) is 3.20. The van der Waals surface area contributed by atoms with Gasteiger partial charge in [-0.2, -0.15) is 9.61 Å². The summed E-state index contributed by atoms with van der Waals surface area (Å²) in [6, 6.07) is 8.72. The Morgan fingerprint density at radius 2 is 2.03 bits per heavy atom. The monoisotopic (exact) mass is 488 g/mol. The van der Waals surface area contributed by atoms with Crippen LogP contribution in [0.1, 0.15) is 36.4 Å². The molecule has 4 N–H and O–H groups in total. The van der Waals surface area contributed by atoms with Crippen molar-refractivity contribution in [2.45, 2.75) is 37.8 Å². The molecule has 2 atom stereocenters. The van der Waals surface area contributed by atoms with E-state index < -0.39 is 0 Å². The highest BCUT2D eigenvalue weighted by Gasteiger charge is 2.28. The smallest absolute Gasteiger partial charge is 0.163 e. The maximum Gasteiger partial charge on any atom is 0.163 e. The number of nitrogens with zero attached hydrogens (tertiary/aromatic N) is 5. The number of β-amino-alcohol motifs (C(OH)–C–C–N with tert-alkyl or cyclic N) is 1. The van der Waals surface area contributed by atoms with Crippen LogP contribution in [0.4, 0.5) is 16.0 Å². The SMILES string of the molecule is O[C@H]1CNCC[C@@H]1CNc1cc(NCc2cc(F)c(-c3ccccn3)cn2)n2ncc(C3CC3)c2n1. The fourth-order valence-corrected chi connectivity index (χ4v) is 4.71. The lowest BCUT2D eigenvalue weighted by atomic mass is 9.95. The van der Waals surface area contributed by atoms with Crippen LogP contribution >= 0.6 is 0 Å². The lowest BCUT2D eigenvalue weighted by Crippen LogP contribution is -2.43. The molecule has 0 radical (unpaired) electrons. The Morgan fingerprint density at radius 3 is 2.81 bits per heavy atom. The summed E-state index contributed by atoms with van der Waals surface area (Å²) in [6.45, 7) is 2.48. The topological polar surface area (TPSA) is 112 Å². The molecule has 0 aromatic carbocycles. The molecule has 0 bridgehead atoms. The van der Waals surface area contributed by atoms with Crippen molar-refractivity contribution in [1.82, 2.24) is 29.9 Å². The van der Waals surface area contributed by atoms with E-state index in [-0.39, 0.29) is 17.8 Å². The number of aliphatic hydroxyl groups excluding tert-OH is 1. The maximum absolute atomic E-state index is 14.8. The van der Waals surface area contributed by atoms with Gasteiger partial charge in [-0.15, -0.1) is 0 Å². The van der Waals surface area contributed by atoms with Gasteiger partial charge in [0, 0.05) is 43.0 Å².